The minimum atomic E-state index is -1.08. The summed E-state index contributed by atoms with van der Waals surface area (Å²) in [5, 5.41) is 14.0. The molecule has 186 valence electrons. The number of nitrogens with zero attached hydrogens (tertiary/aromatic N) is 2. The number of aliphatic hydroxyl groups is 1. The van der Waals surface area contributed by atoms with Crippen molar-refractivity contribution in [3.05, 3.63) is 59.2 Å². The summed E-state index contributed by atoms with van der Waals surface area (Å²) in [4.78, 5) is 30.1. The summed E-state index contributed by atoms with van der Waals surface area (Å²) in [6.07, 6.45) is 2.42. The predicted molar refractivity (Wildman–Crippen MR) is 130 cm³/mol. The second kappa shape index (κ2) is 9.17. The number of ether oxygens (including phenoxy) is 2. The van der Waals surface area contributed by atoms with Crippen molar-refractivity contribution < 1.29 is 24.2 Å². The number of carbonyl (C=O) groups is 2. The van der Waals surface area contributed by atoms with Crippen molar-refractivity contribution >= 4 is 11.9 Å². The molecule has 8 nitrogen and oxygen atoms in total. The number of hydrogen-bond donors (Lipinski definition) is 2. The lowest BCUT2D eigenvalue weighted by Gasteiger charge is -2.38. The highest BCUT2D eigenvalue weighted by molar-refractivity contribution is 6.08. The van der Waals surface area contributed by atoms with E-state index in [-0.39, 0.29) is 11.9 Å². The highest BCUT2D eigenvalue weighted by atomic mass is 16.5. The average Bonchev–Trinajstić information content (AvgIpc) is 3.11. The molecule has 2 aromatic carbocycles. The Morgan fingerprint density at radius 3 is 2.51 bits per heavy atom. The van der Waals surface area contributed by atoms with Gasteiger partial charge in [-0.25, -0.2) is 4.79 Å². The number of nitrogens with one attached hydrogen (secondary N) is 1. The molecule has 2 fully saturated rings. The lowest BCUT2D eigenvalue weighted by Crippen LogP contribution is -2.48. The summed E-state index contributed by atoms with van der Waals surface area (Å²) in [7, 11) is 1.60. The van der Waals surface area contributed by atoms with Gasteiger partial charge in [0, 0.05) is 37.2 Å². The number of rotatable bonds is 6. The van der Waals surface area contributed by atoms with Gasteiger partial charge in [-0.3, -0.25) is 9.69 Å². The van der Waals surface area contributed by atoms with Gasteiger partial charge >= 0.3 is 6.03 Å². The van der Waals surface area contributed by atoms with E-state index in [1.54, 1.807) is 7.11 Å². The molecule has 3 heterocycles. The van der Waals surface area contributed by atoms with Crippen molar-refractivity contribution in [1.29, 1.82) is 0 Å². The third-order valence-corrected chi connectivity index (χ3v) is 7.79. The van der Waals surface area contributed by atoms with Crippen LogP contribution in [0.5, 0.6) is 11.5 Å². The van der Waals surface area contributed by atoms with Crippen LogP contribution in [0.1, 0.15) is 42.4 Å². The molecule has 1 spiro atoms. The van der Waals surface area contributed by atoms with Gasteiger partial charge in [0.25, 0.3) is 5.91 Å². The van der Waals surface area contributed by atoms with Crippen LogP contribution in [0.15, 0.2) is 42.5 Å². The van der Waals surface area contributed by atoms with Gasteiger partial charge in [0.15, 0.2) is 5.54 Å². The van der Waals surface area contributed by atoms with Gasteiger partial charge < -0.3 is 24.8 Å². The van der Waals surface area contributed by atoms with E-state index < -0.39 is 11.1 Å². The Morgan fingerprint density at radius 1 is 1.06 bits per heavy atom. The minimum Gasteiger partial charge on any atom is -0.496 e. The molecule has 0 bridgehead atoms. The first-order chi connectivity index (χ1) is 16.9. The van der Waals surface area contributed by atoms with Crippen LogP contribution < -0.4 is 14.8 Å². The molecule has 0 aliphatic carbocycles. The van der Waals surface area contributed by atoms with Gasteiger partial charge in [-0.1, -0.05) is 30.3 Å². The number of benzene rings is 2. The third-order valence-electron chi connectivity index (χ3n) is 7.79. The van der Waals surface area contributed by atoms with Crippen LogP contribution in [-0.4, -0.2) is 66.7 Å². The van der Waals surface area contributed by atoms with E-state index >= 15 is 0 Å². The first-order valence-electron chi connectivity index (χ1n) is 12.3. The zero-order chi connectivity index (χ0) is 24.6. The molecule has 1 atom stereocenters. The Bertz CT molecular complexity index is 1110. The average molecular weight is 480 g/mol. The molecule has 1 unspecified atom stereocenters. The van der Waals surface area contributed by atoms with E-state index in [0.717, 1.165) is 30.8 Å². The fraction of sp³-hybridized carbons (Fsp3) is 0.481. The van der Waals surface area contributed by atoms with Gasteiger partial charge in [0.05, 0.1) is 19.3 Å². The second-order valence-corrected chi connectivity index (χ2v) is 9.75. The fourth-order valence-corrected chi connectivity index (χ4v) is 5.67. The quantitative estimate of drug-likeness (QED) is 0.619. The van der Waals surface area contributed by atoms with E-state index in [0.29, 0.717) is 55.9 Å². The number of fused-ring (bicyclic) bond motifs is 2. The van der Waals surface area contributed by atoms with Crippen LogP contribution in [0, 0.1) is 6.92 Å². The minimum absolute atomic E-state index is 0.214. The van der Waals surface area contributed by atoms with Crippen LogP contribution in [0.25, 0.3) is 0 Å². The summed E-state index contributed by atoms with van der Waals surface area (Å²) < 4.78 is 11.3. The van der Waals surface area contributed by atoms with E-state index in [2.05, 4.69) is 10.2 Å². The Morgan fingerprint density at radius 2 is 1.80 bits per heavy atom. The molecule has 0 radical (unpaired) electrons. The molecule has 35 heavy (non-hydrogen) atoms. The maximum atomic E-state index is 13.6. The summed E-state index contributed by atoms with van der Waals surface area (Å²) >= 11 is 0. The zero-order valence-electron chi connectivity index (χ0n) is 20.4. The number of methoxy groups -OCH3 is 1. The number of imide groups is 1. The SMILES string of the molecule is COc1ccc2c(c1C)OCCC21NC(=O)N(CCCN2CCC(O)(c3ccccc3)CC2)C1=O. The summed E-state index contributed by atoms with van der Waals surface area (Å²) in [6, 6.07) is 13.1. The van der Waals surface area contributed by atoms with Gasteiger partial charge in [-0.05, 0) is 50.4 Å². The second-order valence-electron chi connectivity index (χ2n) is 9.75. The van der Waals surface area contributed by atoms with Gasteiger partial charge in [0.2, 0.25) is 0 Å². The van der Waals surface area contributed by atoms with Crippen LogP contribution in [0.4, 0.5) is 4.79 Å². The molecular formula is C27H33N3O5. The largest absolute Gasteiger partial charge is 0.496 e. The number of amides is 3. The normalized spacial score (nSPS) is 23.7. The van der Waals surface area contributed by atoms with Crippen molar-refractivity contribution in [2.75, 3.05) is 39.9 Å². The Labute approximate surface area is 205 Å². The molecule has 3 aliphatic heterocycles. The Kier molecular flexibility index (Phi) is 6.19. The molecule has 2 saturated heterocycles. The van der Waals surface area contributed by atoms with E-state index in [1.165, 1.54) is 4.90 Å². The monoisotopic (exact) mass is 479 g/mol. The maximum Gasteiger partial charge on any atom is 0.325 e. The summed E-state index contributed by atoms with van der Waals surface area (Å²) in [5.74, 6) is 1.09. The van der Waals surface area contributed by atoms with Crippen LogP contribution >= 0.6 is 0 Å². The molecule has 0 saturated carbocycles. The Hall–Kier alpha value is -3.10. The molecule has 3 aliphatic rings. The maximum absolute atomic E-state index is 13.6. The molecule has 0 aromatic heterocycles. The van der Waals surface area contributed by atoms with E-state index in [4.69, 9.17) is 9.47 Å². The van der Waals surface area contributed by atoms with Crippen LogP contribution in [0.3, 0.4) is 0 Å². The van der Waals surface area contributed by atoms with E-state index in [9.17, 15) is 14.7 Å². The summed E-state index contributed by atoms with van der Waals surface area (Å²) in [6.45, 7) is 4.93. The van der Waals surface area contributed by atoms with Gasteiger partial charge in [-0.2, -0.15) is 0 Å². The number of hydrogen-bond acceptors (Lipinski definition) is 6. The number of likely N-dealkylation sites (tertiary alicyclic amines) is 1. The molecule has 2 N–H and O–H groups in total. The standard InChI is InChI=1S/C27H33N3O5/c1-19-22(34-2)10-9-21-23(19)35-18-13-27(21)24(31)30(25(32)28-27)15-6-14-29-16-11-26(33,12-17-29)20-7-4-3-5-8-20/h3-5,7-10,33H,6,11-18H2,1-2H3,(H,28,32). The van der Waals surface area contributed by atoms with Gasteiger partial charge in [0.1, 0.15) is 11.5 Å². The first kappa shape index (κ1) is 23.6. The molecule has 3 amide bonds. The number of piperidine rings is 1. The molecule has 8 heteroatoms. The predicted octanol–water partition coefficient (Wildman–Crippen LogP) is 2.91. The van der Waals surface area contributed by atoms with Crippen molar-refractivity contribution in [3.8, 4) is 11.5 Å². The van der Waals surface area contributed by atoms with Crippen molar-refractivity contribution in [3.63, 3.8) is 0 Å². The van der Waals surface area contributed by atoms with Crippen molar-refractivity contribution in [2.45, 2.75) is 43.7 Å². The number of urea groups is 1. The Balaban J connectivity index is 1.21. The molecule has 5 rings (SSSR count). The fourth-order valence-electron chi connectivity index (χ4n) is 5.67. The highest BCUT2D eigenvalue weighted by Gasteiger charge is 2.55. The first-order valence-corrected chi connectivity index (χ1v) is 12.3. The van der Waals surface area contributed by atoms with Crippen molar-refractivity contribution in [1.82, 2.24) is 15.1 Å². The van der Waals surface area contributed by atoms with Crippen LogP contribution in [-0.2, 0) is 15.9 Å². The lowest BCUT2D eigenvalue weighted by molar-refractivity contribution is -0.132. The van der Waals surface area contributed by atoms with Crippen LogP contribution in [0.2, 0.25) is 0 Å². The zero-order valence-corrected chi connectivity index (χ0v) is 20.4. The molecule has 2 aromatic rings. The topological polar surface area (TPSA) is 91.3 Å². The third kappa shape index (κ3) is 4.04. The number of carbonyl (C=O) groups excluding carboxylic acids is 2. The van der Waals surface area contributed by atoms with E-state index in [1.807, 2.05) is 49.4 Å². The lowest BCUT2D eigenvalue weighted by atomic mass is 9.83. The molecular weight excluding hydrogens is 446 g/mol. The van der Waals surface area contributed by atoms with Gasteiger partial charge in [-0.15, -0.1) is 0 Å². The highest BCUT2D eigenvalue weighted by Crippen LogP contribution is 2.45. The van der Waals surface area contributed by atoms with Crippen molar-refractivity contribution in [2.24, 2.45) is 0 Å². The summed E-state index contributed by atoms with van der Waals surface area (Å²) in [5.41, 5.74) is 0.615. The smallest absolute Gasteiger partial charge is 0.325 e.